The first-order chi connectivity index (χ1) is 12.0. The number of thioether (sulfide) groups is 1. The average molecular weight is 363 g/mol. The number of fused-ring (bicyclic) bond motifs is 1. The maximum absolute atomic E-state index is 12.0. The zero-order valence-electron chi connectivity index (χ0n) is 13.8. The van der Waals surface area contributed by atoms with E-state index in [0.29, 0.717) is 22.8 Å². The first-order valence-electron chi connectivity index (χ1n) is 8.47. The second kappa shape index (κ2) is 8.12. The SMILES string of the molecule is O=C(CCCCC1SCC2NC(=O)NC21)Nc1cccc(B(O)O)c1. The van der Waals surface area contributed by atoms with Crippen molar-refractivity contribution >= 4 is 42.0 Å². The summed E-state index contributed by atoms with van der Waals surface area (Å²) in [6, 6.07) is 6.89. The Hall–Kier alpha value is -1.71. The third-order valence-corrected chi connectivity index (χ3v) is 6.06. The molecular weight excluding hydrogens is 341 g/mol. The van der Waals surface area contributed by atoms with Crippen LogP contribution in [0.2, 0.25) is 0 Å². The predicted octanol–water partition coefficient (Wildman–Crippen LogP) is 0.0307. The molecule has 134 valence electrons. The highest BCUT2D eigenvalue weighted by molar-refractivity contribution is 8.00. The van der Waals surface area contributed by atoms with Crippen molar-refractivity contribution < 1.29 is 19.6 Å². The van der Waals surface area contributed by atoms with Gasteiger partial charge in [0.05, 0.1) is 12.1 Å². The number of carbonyl (C=O) groups excluding carboxylic acids is 2. The molecule has 0 saturated carbocycles. The molecule has 3 amide bonds. The van der Waals surface area contributed by atoms with Crippen molar-refractivity contribution in [2.24, 2.45) is 0 Å². The van der Waals surface area contributed by atoms with E-state index in [9.17, 15) is 9.59 Å². The number of hydrogen-bond acceptors (Lipinski definition) is 5. The van der Waals surface area contributed by atoms with Gasteiger partial charge in [-0.05, 0) is 30.4 Å². The molecule has 1 aromatic rings. The number of rotatable bonds is 7. The summed E-state index contributed by atoms with van der Waals surface area (Å²) in [5, 5.41) is 27.4. The van der Waals surface area contributed by atoms with E-state index in [-0.39, 0.29) is 24.0 Å². The third kappa shape index (κ3) is 4.68. The van der Waals surface area contributed by atoms with Crippen LogP contribution in [0.4, 0.5) is 10.5 Å². The Morgan fingerprint density at radius 2 is 2.16 bits per heavy atom. The average Bonchev–Trinajstić information content (AvgIpc) is 3.11. The standard InChI is InChI=1S/C16H22BN3O4S/c21-14(18-11-5-3-4-10(8-11)17(23)24)7-2-1-6-13-15-12(9-25-13)19-16(22)20-15/h3-5,8,12-13,15,23-24H,1-2,6-7,9H2,(H,18,21)(H2,19,20,22). The highest BCUT2D eigenvalue weighted by Gasteiger charge is 2.42. The van der Waals surface area contributed by atoms with Gasteiger partial charge in [0.15, 0.2) is 0 Å². The normalized spacial score (nSPS) is 24.4. The highest BCUT2D eigenvalue weighted by atomic mass is 32.2. The monoisotopic (exact) mass is 363 g/mol. The van der Waals surface area contributed by atoms with Crippen molar-refractivity contribution in [3.05, 3.63) is 24.3 Å². The van der Waals surface area contributed by atoms with Gasteiger partial charge in [0.2, 0.25) is 5.91 Å². The number of nitrogens with one attached hydrogen (secondary N) is 3. The van der Waals surface area contributed by atoms with Gasteiger partial charge < -0.3 is 26.0 Å². The van der Waals surface area contributed by atoms with Gasteiger partial charge in [0, 0.05) is 23.1 Å². The van der Waals surface area contributed by atoms with Gasteiger partial charge in [-0.15, -0.1) is 0 Å². The van der Waals surface area contributed by atoms with Crippen molar-refractivity contribution in [3.63, 3.8) is 0 Å². The molecule has 3 unspecified atom stereocenters. The molecule has 0 radical (unpaired) electrons. The van der Waals surface area contributed by atoms with E-state index in [2.05, 4.69) is 16.0 Å². The minimum absolute atomic E-state index is 0.0742. The Morgan fingerprint density at radius 3 is 2.96 bits per heavy atom. The smallest absolute Gasteiger partial charge is 0.423 e. The summed E-state index contributed by atoms with van der Waals surface area (Å²) >= 11 is 1.88. The number of unbranched alkanes of at least 4 members (excludes halogenated alkanes) is 1. The summed E-state index contributed by atoms with van der Waals surface area (Å²) in [5.41, 5.74) is 0.905. The second-order valence-corrected chi connectivity index (χ2v) is 7.69. The van der Waals surface area contributed by atoms with Crippen molar-refractivity contribution in [3.8, 4) is 0 Å². The van der Waals surface area contributed by atoms with Crippen LogP contribution in [-0.2, 0) is 4.79 Å². The molecule has 2 aliphatic rings. The topological polar surface area (TPSA) is 111 Å². The van der Waals surface area contributed by atoms with Gasteiger partial charge in [-0.25, -0.2) is 4.79 Å². The summed E-state index contributed by atoms with van der Waals surface area (Å²) in [6.07, 6.45) is 3.11. The maximum atomic E-state index is 12.0. The molecule has 5 N–H and O–H groups in total. The first kappa shape index (κ1) is 18.1. The second-order valence-electron chi connectivity index (χ2n) is 6.41. The van der Waals surface area contributed by atoms with Crippen LogP contribution in [0.1, 0.15) is 25.7 Å². The lowest BCUT2D eigenvalue weighted by molar-refractivity contribution is -0.116. The molecule has 7 nitrogen and oxygen atoms in total. The van der Waals surface area contributed by atoms with E-state index in [4.69, 9.17) is 10.0 Å². The number of amides is 3. The largest absolute Gasteiger partial charge is 0.488 e. The molecule has 25 heavy (non-hydrogen) atoms. The van der Waals surface area contributed by atoms with Crippen molar-refractivity contribution in [1.82, 2.24) is 10.6 Å². The van der Waals surface area contributed by atoms with Gasteiger partial charge >= 0.3 is 13.1 Å². The lowest BCUT2D eigenvalue weighted by atomic mass is 9.80. The molecule has 9 heteroatoms. The predicted molar refractivity (Wildman–Crippen MR) is 98.9 cm³/mol. The first-order valence-corrected chi connectivity index (χ1v) is 9.52. The lowest BCUT2D eigenvalue weighted by Crippen LogP contribution is -2.36. The fourth-order valence-corrected chi connectivity index (χ4v) is 4.82. The van der Waals surface area contributed by atoms with Gasteiger partial charge in [0.25, 0.3) is 0 Å². The number of hydrogen-bond donors (Lipinski definition) is 5. The molecule has 2 heterocycles. The van der Waals surface area contributed by atoms with Crippen LogP contribution in [0, 0.1) is 0 Å². The van der Waals surface area contributed by atoms with E-state index in [0.717, 1.165) is 25.0 Å². The van der Waals surface area contributed by atoms with Crippen LogP contribution in [0.25, 0.3) is 0 Å². The van der Waals surface area contributed by atoms with Gasteiger partial charge in [0.1, 0.15) is 0 Å². The summed E-state index contributed by atoms with van der Waals surface area (Å²) in [4.78, 5) is 23.4. The van der Waals surface area contributed by atoms with Crippen LogP contribution in [0.3, 0.4) is 0 Å². The third-order valence-electron chi connectivity index (χ3n) is 4.55. The minimum atomic E-state index is -1.55. The van der Waals surface area contributed by atoms with Crippen molar-refractivity contribution in [1.29, 1.82) is 0 Å². The van der Waals surface area contributed by atoms with Crippen LogP contribution >= 0.6 is 11.8 Å². The number of urea groups is 1. The molecule has 0 aliphatic carbocycles. The number of carbonyl (C=O) groups is 2. The Kier molecular flexibility index (Phi) is 5.87. The van der Waals surface area contributed by atoms with Gasteiger partial charge in [-0.2, -0.15) is 11.8 Å². The van der Waals surface area contributed by atoms with E-state index in [1.165, 1.54) is 0 Å². The molecule has 0 bridgehead atoms. The molecule has 2 aliphatic heterocycles. The van der Waals surface area contributed by atoms with Crippen molar-refractivity contribution in [2.75, 3.05) is 11.1 Å². The number of benzene rings is 1. The highest BCUT2D eigenvalue weighted by Crippen LogP contribution is 2.33. The summed E-state index contributed by atoms with van der Waals surface area (Å²) in [5.74, 6) is 0.860. The minimum Gasteiger partial charge on any atom is -0.423 e. The molecule has 2 saturated heterocycles. The lowest BCUT2D eigenvalue weighted by Gasteiger charge is -2.16. The van der Waals surface area contributed by atoms with Gasteiger partial charge in [-0.3, -0.25) is 4.79 Å². The van der Waals surface area contributed by atoms with Crippen molar-refractivity contribution in [2.45, 2.75) is 43.0 Å². The zero-order chi connectivity index (χ0) is 17.8. The van der Waals surface area contributed by atoms with Crippen LogP contribution < -0.4 is 21.4 Å². The van der Waals surface area contributed by atoms with E-state index >= 15 is 0 Å². The molecule has 3 atom stereocenters. The van der Waals surface area contributed by atoms with E-state index in [1.807, 2.05) is 11.8 Å². The summed E-state index contributed by atoms with van der Waals surface area (Å²) in [7, 11) is -1.55. The molecule has 0 spiro atoms. The Morgan fingerprint density at radius 1 is 1.32 bits per heavy atom. The summed E-state index contributed by atoms with van der Waals surface area (Å²) in [6.45, 7) is 0. The van der Waals surface area contributed by atoms with E-state index < -0.39 is 7.12 Å². The fourth-order valence-electron chi connectivity index (χ4n) is 3.27. The Balaban J connectivity index is 1.37. The molecule has 1 aromatic carbocycles. The quantitative estimate of drug-likeness (QED) is 0.267. The number of anilines is 1. The molecule has 0 aromatic heterocycles. The summed E-state index contributed by atoms with van der Waals surface area (Å²) < 4.78 is 0. The van der Waals surface area contributed by atoms with Crippen LogP contribution in [-0.4, -0.2) is 52.2 Å². The van der Waals surface area contributed by atoms with Crippen LogP contribution in [0.5, 0.6) is 0 Å². The van der Waals surface area contributed by atoms with Crippen LogP contribution in [0.15, 0.2) is 24.3 Å². The Labute approximate surface area is 151 Å². The zero-order valence-corrected chi connectivity index (χ0v) is 14.6. The van der Waals surface area contributed by atoms with E-state index in [1.54, 1.807) is 24.3 Å². The Bertz CT molecular complexity index is 646. The molecular formula is C16H22BN3O4S. The molecule has 2 fully saturated rings. The van der Waals surface area contributed by atoms with Gasteiger partial charge in [-0.1, -0.05) is 18.6 Å². The maximum Gasteiger partial charge on any atom is 0.488 e. The molecule has 3 rings (SSSR count). The fraction of sp³-hybridized carbons (Fsp3) is 0.500.